The second-order valence-electron chi connectivity index (χ2n) is 8.53. The van der Waals surface area contributed by atoms with Crippen LogP contribution in [0.25, 0.3) is 11.1 Å². The van der Waals surface area contributed by atoms with Gasteiger partial charge >= 0.3 is 0 Å². The highest BCUT2D eigenvalue weighted by molar-refractivity contribution is 5.62. The molecule has 5 rings (SSSR count). The summed E-state index contributed by atoms with van der Waals surface area (Å²) in [6.45, 7) is 5.98. The van der Waals surface area contributed by atoms with Crippen molar-refractivity contribution in [3.63, 3.8) is 0 Å². The number of aromatic nitrogens is 3. The van der Waals surface area contributed by atoms with Gasteiger partial charge in [0.05, 0.1) is 13.2 Å². The van der Waals surface area contributed by atoms with Gasteiger partial charge in [-0.3, -0.25) is 14.8 Å². The van der Waals surface area contributed by atoms with Gasteiger partial charge in [0.2, 0.25) is 0 Å². The number of hydrogen-bond acceptors (Lipinski definition) is 5. The summed E-state index contributed by atoms with van der Waals surface area (Å²) in [6, 6.07) is 12.8. The number of rotatable bonds is 6. The van der Waals surface area contributed by atoms with Gasteiger partial charge in [0, 0.05) is 62.9 Å². The molecule has 29 heavy (non-hydrogen) atoms. The van der Waals surface area contributed by atoms with Crippen LogP contribution in [0.4, 0.5) is 0 Å². The quantitative estimate of drug-likeness (QED) is 0.678. The Morgan fingerprint density at radius 2 is 1.79 bits per heavy atom. The SMILES string of the molecule is OCC12CN(Cc3ccc(-c4cccnc4)cc3)CC1CN(Cc1ncc[nH]1)C2. The number of nitrogens with one attached hydrogen (secondary N) is 1. The van der Waals surface area contributed by atoms with Crippen molar-refractivity contribution in [2.24, 2.45) is 11.3 Å². The van der Waals surface area contributed by atoms with E-state index < -0.39 is 0 Å². The van der Waals surface area contributed by atoms with Crippen molar-refractivity contribution in [3.8, 4) is 11.1 Å². The highest BCUT2D eigenvalue weighted by atomic mass is 16.3. The minimum Gasteiger partial charge on any atom is -0.396 e. The molecule has 1 aromatic carbocycles. The molecule has 0 radical (unpaired) electrons. The van der Waals surface area contributed by atoms with Gasteiger partial charge in [-0.2, -0.15) is 0 Å². The third kappa shape index (κ3) is 3.71. The Bertz CT molecular complexity index is 928. The van der Waals surface area contributed by atoms with E-state index in [1.807, 2.05) is 18.5 Å². The molecule has 2 fully saturated rings. The molecule has 0 amide bonds. The second kappa shape index (κ2) is 7.71. The highest BCUT2D eigenvalue weighted by Gasteiger charge is 2.51. The van der Waals surface area contributed by atoms with Gasteiger partial charge in [0.1, 0.15) is 5.82 Å². The zero-order valence-electron chi connectivity index (χ0n) is 16.5. The van der Waals surface area contributed by atoms with Crippen LogP contribution in [-0.4, -0.2) is 62.6 Å². The molecule has 6 heteroatoms. The van der Waals surface area contributed by atoms with Crippen molar-refractivity contribution < 1.29 is 5.11 Å². The van der Waals surface area contributed by atoms with Crippen LogP contribution in [0.5, 0.6) is 0 Å². The molecule has 0 saturated carbocycles. The number of imidazole rings is 1. The fourth-order valence-electron chi connectivity index (χ4n) is 5.06. The molecule has 2 saturated heterocycles. The van der Waals surface area contributed by atoms with Crippen LogP contribution in [-0.2, 0) is 13.1 Å². The molecule has 150 valence electrons. The Morgan fingerprint density at radius 3 is 2.41 bits per heavy atom. The Labute approximate surface area is 171 Å². The van der Waals surface area contributed by atoms with Crippen LogP contribution >= 0.6 is 0 Å². The first-order valence-electron chi connectivity index (χ1n) is 10.3. The molecular formula is C23H27N5O. The van der Waals surface area contributed by atoms with Gasteiger partial charge in [-0.05, 0) is 28.7 Å². The zero-order valence-corrected chi connectivity index (χ0v) is 16.5. The van der Waals surface area contributed by atoms with Crippen LogP contribution in [0.2, 0.25) is 0 Å². The first kappa shape index (κ1) is 18.5. The molecule has 6 nitrogen and oxygen atoms in total. The maximum atomic E-state index is 10.2. The predicted molar refractivity (Wildman–Crippen MR) is 112 cm³/mol. The predicted octanol–water partition coefficient (Wildman–Crippen LogP) is 2.40. The van der Waals surface area contributed by atoms with Gasteiger partial charge in [-0.25, -0.2) is 4.98 Å². The third-order valence-corrected chi connectivity index (χ3v) is 6.50. The van der Waals surface area contributed by atoms with Gasteiger partial charge in [0.15, 0.2) is 0 Å². The fraction of sp³-hybridized carbons (Fsp3) is 0.391. The standard InChI is InChI=1S/C23H27N5O/c29-17-23-15-27(12-21(23)13-28(16-23)14-22-25-8-9-26-22)11-18-3-5-19(6-4-18)20-2-1-7-24-10-20/h1-10,21,29H,11-17H2,(H,25,26). The Morgan fingerprint density at radius 1 is 1.00 bits per heavy atom. The molecule has 2 N–H and O–H groups in total. The smallest absolute Gasteiger partial charge is 0.120 e. The van der Waals surface area contributed by atoms with E-state index in [9.17, 15) is 5.11 Å². The number of benzene rings is 1. The zero-order chi connectivity index (χ0) is 19.7. The number of hydrogen-bond donors (Lipinski definition) is 2. The number of aromatic amines is 1. The molecule has 2 unspecified atom stereocenters. The molecule has 4 heterocycles. The Balaban J connectivity index is 1.22. The van der Waals surface area contributed by atoms with E-state index in [1.54, 1.807) is 12.4 Å². The first-order chi connectivity index (χ1) is 14.2. The summed E-state index contributed by atoms with van der Waals surface area (Å²) >= 11 is 0. The van der Waals surface area contributed by atoms with E-state index in [2.05, 4.69) is 55.1 Å². The minimum atomic E-state index is -0.0117. The van der Waals surface area contributed by atoms with Gasteiger partial charge in [-0.15, -0.1) is 0 Å². The summed E-state index contributed by atoms with van der Waals surface area (Å²) in [4.78, 5) is 16.7. The summed E-state index contributed by atoms with van der Waals surface area (Å²) in [7, 11) is 0. The van der Waals surface area contributed by atoms with E-state index in [4.69, 9.17) is 0 Å². The van der Waals surface area contributed by atoms with Crippen LogP contribution in [0.1, 0.15) is 11.4 Å². The number of pyridine rings is 1. The van der Waals surface area contributed by atoms with Crippen LogP contribution < -0.4 is 0 Å². The summed E-state index contributed by atoms with van der Waals surface area (Å²) < 4.78 is 0. The molecule has 2 atom stereocenters. The topological polar surface area (TPSA) is 68.3 Å². The lowest BCUT2D eigenvalue weighted by Gasteiger charge is -2.27. The monoisotopic (exact) mass is 389 g/mol. The van der Waals surface area contributed by atoms with Crippen LogP contribution in [0.15, 0.2) is 61.2 Å². The average molecular weight is 390 g/mol. The number of likely N-dealkylation sites (tertiary alicyclic amines) is 2. The van der Waals surface area contributed by atoms with E-state index in [0.717, 1.165) is 50.7 Å². The number of nitrogens with zero attached hydrogens (tertiary/aromatic N) is 4. The molecule has 0 spiro atoms. The van der Waals surface area contributed by atoms with Crippen molar-refractivity contribution in [1.82, 2.24) is 24.8 Å². The van der Waals surface area contributed by atoms with Crippen molar-refractivity contribution in [1.29, 1.82) is 0 Å². The third-order valence-electron chi connectivity index (χ3n) is 6.50. The van der Waals surface area contributed by atoms with Crippen LogP contribution in [0, 0.1) is 11.3 Å². The summed E-state index contributed by atoms with van der Waals surface area (Å²) in [5.74, 6) is 1.51. The lowest BCUT2D eigenvalue weighted by molar-refractivity contribution is 0.110. The molecular weight excluding hydrogens is 362 g/mol. The van der Waals surface area contributed by atoms with E-state index in [-0.39, 0.29) is 12.0 Å². The van der Waals surface area contributed by atoms with E-state index in [0.29, 0.717) is 5.92 Å². The van der Waals surface area contributed by atoms with Crippen molar-refractivity contribution in [2.45, 2.75) is 13.1 Å². The van der Waals surface area contributed by atoms with Gasteiger partial charge in [-0.1, -0.05) is 30.3 Å². The Kier molecular flexibility index (Phi) is 4.91. The van der Waals surface area contributed by atoms with Crippen molar-refractivity contribution >= 4 is 0 Å². The number of fused-ring (bicyclic) bond motifs is 1. The van der Waals surface area contributed by atoms with E-state index >= 15 is 0 Å². The minimum absolute atomic E-state index is 0.0117. The van der Waals surface area contributed by atoms with Crippen molar-refractivity contribution in [2.75, 3.05) is 32.8 Å². The maximum Gasteiger partial charge on any atom is 0.120 e. The second-order valence-corrected chi connectivity index (χ2v) is 8.53. The number of H-pyrrole nitrogens is 1. The Hall–Kier alpha value is -2.54. The lowest BCUT2D eigenvalue weighted by atomic mass is 9.82. The molecule has 0 aliphatic carbocycles. The molecule has 0 bridgehead atoms. The van der Waals surface area contributed by atoms with Gasteiger partial charge < -0.3 is 10.1 Å². The van der Waals surface area contributed by atoms with Crippen molar-refractivity contribution in [3.05, 3.63) is 72.6 Å². The largest absolute Gasteiger partial charge is 0.396 e. The van der Waals surface area contributed by atoms with Crippen LogP contribution in [0.3, 0.4) is 0 Å². The first-order valence-corrected chi connectivity index (χ1v) is 10.3. The lowest BCUT2D eigenvalue weighted by Crippen LogP contribution is -2.37. The number of aliphatic hydroxyl groups excluding tert-OH is 1. The summed E-state index contributed by atoms with van der Waals surface area (Å²) in [5.41, 5.74) is 3.65. The maximum absolute atomic E-state index is 10.2. The van der Waals surface area contributed by atoms with Gasteiger partial charge in [0.25, 0.3) is 0 Å². The average Bonchev–Trinajstić information content (AvgIpc) is 3.45. The fourth-order valence-corrected chi connectivity index (χ4v) is 5.06. The summed E-state index contributed by atoms with van der Waals surface area (Å²) in [6.07, 6.45) is 7.37. The molecule has 3 aromatic rings. The highest BCUT2D eigenvalue weighted by Crippen LogP contribution is 2.43. The van der Waals surface area contributed by atoms with E-state index in [1.165, 1.54) is 11.1 Å². The normalized spacial score (nSPS) is 24.8. The molecule has 2 aliphatic heterocycles. The molecule has 2 aliphatic rings. The summed E-state index contributed by atoms with van der Waals surface area (Å²) in [5, 5.41) is 10.2. The molecule has 2 aromatic heterocycles. The number of aliphatic hydroxyl groups is 1.